The van der Waals surface area contributed by atoms with E-state index in [1.807, 2.05) is 20.8 Å². The number of rotatable bonds is 5. The molecule has 9 heteroatoms. The van der Waals surface area contributed by atoms with Crippen LogP contribution in [0.5, 0.6) is 0 Å². The van der Waals surface area contributed by atoms with Gasteiger partial charge in [-0.25, -0.2) is 18.4 Å². The third-order valence-corrected chi connectivity index (χ3v) is 3.88. The molecule has 0 saturated heterocycles. The van der Waals surface area contributed by atoms with Crippen LogP contribution in [0.3, 0.4) is 0 Å². The van der Waals surface area contributed by atoms with Gasteiger partial charge in [-0.2, -0.15) is 4.72 Å². The van der Waals surface area contributed by atoms with Crippen LogP contribution in [0.4, 0.5) is 5.95 Å². The Bertz CT molecular complexity index is 592. The number of nitrogens with zero attached hydrogens (tertiary/aromatic N) is 2. The largest absolute Gasteiger partial charge is 0.357 e. The summed E-state index contributed by atoms with van der Waals surface area (Å²) in [5, 5.41) is 5.39. The monoisotopic (exact) mass is 315 g/mol. The number of hydrogen-bond acceptors (Lipinski definition) is 6. The second-order valence-corrected chi connectivity index (χ2v) is 7.29. The Labute approximate surface area is 124 Å². The molecule has 1 unspecified atom stereocenters. The van der Waals surface area contributed by atoms with Gasteiger partial charge in [0.05, 0.1) is 18.4 Å². The van der Waals surface area contributed by atoms with Crippen LogP contribution in [0.1, 0.15) is 27.7 Å². The summed E-state index contributed by atoms with van der Waals surface area (Å²) in [4.78, 5) is 19.5. The minimum atomic E-state index is -3.85. The average Bonchev–Trinajstić information content (AvgIpc) is 2.36. The molecule has 8 nitrogen and oxygen atoms in total. The van der Waals surface area contributed by atoms with Crippen molar-refractivity contribution in [2.75, 3.05) is 12.4 Å². The van der Waals surface area contributed by atoms with E-state index in [4.69, 9.17) is 0 Å². The summed E-state index contributed by atoms with van der Waals surface area (Å²) in [7, 11) is -2.22. The summed E-state index contributed by atoms with van der Waals surface area (Å²) < 4.78 is 26.5. The van der Waals surface area contributed by atoms with Crippen LogP contribution in [0.25, 0.3) is 0 Å². The molecular weight excluding hydrogens is 294 g/mol. The summed E-state index contributed by atoms with van der Waals surface area (Å²) >= 11 is 0. The molecule has 1 rings (SSSR count). The van der Waals surface area contributed by atoms with Crippen LogP contribution in [0.2, 0.25) is 0 Å². The first-order valence-corrected chi connectivity index (χ1v) is 7.87. The third kappa shape index (κ3) is 5.27. The molecule has 1 atom stereocenters. The summed E-state index contributed by atoms with van der Waals surface area (Å²) in [5.41, 5.74) is -0.436. The molecule has 118 valence electrons. The number of anilines is 1. The second kappa shape index (κ2) is 6.35. The molecule has 1 amide bonds. The lowest BCUT2D eigenvalue weighted by Gasteiger charge is -2.23. The number of amides is 1. The van der Waals surface area contributed by atoms with Crippen molar-refractivity contribution in [3.8, 4) is 0 Å². The van der Waals surface area contributed by atoms with Crippen molar-refractivity contribution < 1.29 is 13.2 Å². The van der Waals surface area contributed by atoms with Crippen LogP contribution in [0.15, 0.2) is 17.3 Å². The molecule has 0 aliphatic heterocycles. The van der Waals surface area contributed by atoms with Crippen LogP contribution >= 0.6 is 0 Å². The van der Waals surface area contributed by atoms with Gasteiger partial charge in [-0.15, -0.1) is 0 Å². The van der Waals surface area contributed by atoms with Crippen molar-refractivity contribution in [2.24, 2.45) is 0 Å². The smallest absolute Gasteiger partial charge is 0.244 e. The maximum absolute atomic E-state index is 12.1. The van der Waals surface area contributed by atoms with Gasteiger partial charge in [0.2, 0.25) is 21.9 Å². The predicted molar refractivity (Wildman–Crippen MR) is 79.3 cm³/mol. The molecule has 0 aliphatic carbocycles. The first kappa shape index (κ1) is 17.3. The molecule has 0 fully saturated rings. The summed E-state index contributed by atoms with van der Waals surface area (Å²) in [5.74, 6) is -0.0914. The number of carbonyl (C=O) groups excluding carboxylic acids is 1. The van der Waals surface area contributed by atoms with Gasteiger partial charge in [0.1, 0.15) is 4.90 Å². The number of sulfonamides is 1. The molecule has 0 saturated carbocycles. The Hall–Kier alpha value is -1.74. The number of nitrogens with one attached hydrogen (secondary N) is 3. The fourth-order valence-electron chi connectivity index (χ4n) is 1.42. The fourth-order valence-corrected chi connectivity index (χ4v) is 2.51. The zero-order valence-corrected chi connectivity index (χ0v) is 13.6. The zero-order chi connectivity index (χ0) is 16.3. The van der Waals surface area contributed by atoms with Crippen molar-refractivity contribution in [3.63, 3.8) is 0 Å². The van der Waals surface area contributed by atoms with Gasteiger partial charge in [0.25, 0.3) is 0 Å². The predicted octanol–water partition coefficient (Wildman–Crippen LogP) is 0.0998. The molecule has 0 bridgehead atoms. The number of carbonyl (C=O) groups is 1. The second-order valence-electron chi connectivity index (χ2n) is 5.57. The van der Waals surface area contributed by atoms with Crippen LogP contribution in [-0.4, -0.2) is 42.9 Å². The topological polar surface area (TPSA) is 113 Å². The van der Waals surface area contributed by atoms with E-state index in [9.17, 15) is 13.2 Å². The third-order valence-electron chi connectivity index (χ3n) is 2.39. The highest BCUT2D eigenvalue weighted by molar-refractivity contribution is 7.89. The number of aromatic nitrogens is 2. The molecule has 0 radical (unpaired) electrons. The Morgan fingerprint density at radius 2 is 1.76 bits per heavy atom. The van der Waals surface area contributed by atoms with E-state index in [0.29, 0.717) is 5.95 Å². The molecule has 0 spiro atoms. The van der Waals surface area contributed by atoms with Gasteiger partial charge in [-0.3, -0.25) is 4.79 Å². The summed E-state index contributed by atoms with van der Waals surface area (Å²) in [6, 6.07) is -0.904. The van der Waals surface area contributed by atoms with Gasteiger partial charge < -0.3 is 10.6 Å². The zero-order valence-electron chi connectivity index (χ0n) is 12.8. The van der Waals surface area contributed by atoms with Crippen molar-refractivity contribution in [1.82, 2.24) is 20.0 Å². The van der Waals surface area contributed by atoms with E-state index in [0.717, 1.165) is 0 Å². The molecule has 21 heavy (non-hydrogen) atoms. The highest BCUT2D eigenvalue weighted by Crippen LogP contribution is 2.08. The van der Waals surface area contributed by atoms with Crippen LogP contribution in [0, 0.1) is 0 Å². The highest BCUT2D eigenvalue weighted by Gasteiger charge is 2.25. The Kier molecular flexibility index (Phi) is 5.24. The summed E-state index contributed by atoms with van der Waals surface area (Å²) in [6.07, 6.45) is 2.35. The van der Waals surface area contributed by atoms with E-state index in [2.05, 4.69) is 25.3 Å². The number of hydrogen-bond donors (Lipinski definition) is 3. The maximum atomic E-state index is 12.1. The molecular formula is C12H21N5O3S. The fraction of sp³-hybridized carbons (Fsp3) is 0.583. The van der Waals surface area contributed by atoms with E-state index in [-0.39, 0.29) is 4.90 Å². The van der Waals surface area contributed by atoms with Gasteiger partial charge in [-0.05, 0) is 27.7 Å². The molecule has 0 aromatic carbocycles. The standard InChI is InChI=1S/C12H21N5O3S/c1-8(10(18)16-12(2,3)4)17-21(19,20)9-6-14-11(13-5)15-7-9/h6-8,17H,1-5H3,(H,16,18)(H,13,14,15). The normalized spacial score (nSPS) is 13.6. The Morgan fingerprint density at radius 3 is 2.19 bits per heavy atom. The van der Waals surface area contributed by atoms with Gasteiger partial charge in [-0.1, -0.05) is 0 Å². The minimum Gasteiger partial charge on any atom is -0.357 e. The lowest BCUT2D eigenvalue weighted by Crippen LogP contribution is -2.50. The van der Waals surface area contributed by atoms with Crippen LogP contribution < -0.4 is 15.4 Å². The Balaban J connectivity index is 2.81. The van der Waals surface area contributed by atoms with Crippen molar-refractivity contribution >= 4 is 21.9 Å². The molecule has 1 aromatic heterocycles. The van der Waals surface area contributed by atoms with E-state index < -0.39 is 27.5 Å². The van der Waals surface area contributed by atoms with E-state index >= 15 is 0 Å². The van der Waals surface area contributed by atoms with Crippen molar-refractivity contribution in [3.05, 3.63) is 12.4 Å². The van der Waals surface area contributed by atoms with Crippen molar-refractivity contribution in [1.29, 1.82) is 0 Å². The highest BCUT2D eigenvalue weighted by atomic mass is 32.2. The van der Waals surface area contributed by atoms with E-state index in [1.54, 1.807) is 7.05 Å². The van der Waals surface area contributed by atoms with Gasteiger partial charge >= 0.3 is 0 Å². The van der Waals surface area contributed by atoms with Crippen LogP contribution in [-0.2, 0) is 14.8 Å². The maximum Gasteiger partial charge on any atom is 0.244 e. The Morgan fingerprint density at radius 1 is 1.24 bits per heavy atom. The molecule has 1 aromatic rings. The molecule has 3 N–H and O–H groups in total. The van der Waals surface area contributed by atoms with Gasteiger partial charge in [0.15, 0.2) is 0 Å². The van der Waals surface area contributed by atoms with Crippen molar-refractivity contribution in [2.45, 2.75) is 44.2 Å². The molecule has 1 heterocycles. The first-order valence-electron chi connectivity index (χ1n) is 6.39. The minimum absolute atomic E-state index is 0.100. The van der Waals surface area contributed by atoms with E-state index in [1.165, 1.54) is 19.3 Å². The SMILES string of the molecule is CNc1ncc(S(=O)(=O)NC(C)C(=O)NC(C)(C)C)cn1. The summed E-state index contributed by atoms with van der Waals surface area (Å²) in [6.45, 7) is 6.92. The average molecular weight is 315 g/mol. The molecule has 0 aliphatic rings. The quantitative estimate of drug-likeness (QED) is 0.710. The first-order chi connectivity index (χ1) is 9.55. The lowest BCUT2D eigenvalue weighted by molar-refractivity contribution is -0.123. The van der Waals surface area contributed by atoms with Gasteiger partial charge in [0, 0.05) is 12.6 Å². The lowest BCUT2D eigenvalue weighted by atomic mass is 10.1.